The molecule has 0 saturated heterocycles. The van der Waals surface area contributed by atoms with Gasteiger partial charge >= 0.3 is 0 Å². The average molecular weight is 176 g/mol. The van der Waals surface area contributed by atoms with E-state index >= 15 is 0 Å². The highest BCUT2D eigenvalue weighted by Crippen LogP contribution is 2.09. The van der Waals surface area contributed by atoms with Crippen molar-refractivity contribution in [3.63, 3.8) is 0 Å². The maximum atomic E-state index is 10.9. The van der Waals surface area contributed by atoms with Crippen molar-refractivity contribution < 1.29 is 4.79 Å². The fourth-order valence-electron chi connectivity index (χ4n) is 0.353. The number of hydrogen-bond donors (Lipinski definition) is 1. The lowest BCUT2D eigenvalue weighted by molar-refractivity contribution is -0.107. The van der Waals surface area contributed by atoms with Crippen molar-refractivity contribution in [2.75, 3.05) is 11.5 Å². The van der Waals surface area contributed by atoms with E-state index in [4.69, 9.17) is 0 Å². The van der Waals surface area contributed by atoms with Crippen molar-refractivity contribution in [3.05, 3.63) is 12.2 Å². The molecule has 0 aliphatic carbocycles. The number of carbonyl (C=O) groups excluding carboxylic acids is 1. The largest absolute Gasteiger partial charge is 0.282 e. The third kappa shape index (κ3) is 4.94. The topological polar surface area (TPSA) is 17.1 Å². The van der Waals surface area contributed by atoms with Crippen molar-refractivity contribution in [2.24, 2.45) is 0 Å². The Hall–Kier alpha value is 0.110. The second-order valence-electron chi connectivity index (χ2n) is 1.99. The highest BCUT2D eigenvalue weighted by Gasteiger charge is 2.00. The van der Waals surface area contributed by atoms with Gasteiger partial charge in [0.05, 0.1) is 0 Å². The first-order chi connectivity index (χ1) is 4.68. The van der Waals surface area contributed by atoms with Crippen molar-refractivity contribution in [3.8, 4) is 0 Å². The molecule has 0 spiro atoms. The molecular formula is C7H12OS2. The lowest BCUT2D eigenvalue weighted by Gasteiger charge is -1.96. The average Bonchev–Trinajstić information content (AvgIpc) is 1.88. The number of hydrogen-bond acceptors (Lipinski definition) is 3. The molecule has 0 radical (unpaired) electrons. The van der Waals surface area contributed by atoms with Crippen LogP contribution >= 0.6 is 24.4 Å². The van der Waals surface area contributed by atoms with Gasteiger partial charge in [-0.15, -0.1) is 0 Å². The summed E-state index contributed by atoms with van der Waals surface area (Å²) in [5, 5.41) is 0.0989. The van der Waals surface area contributed by atoms with Crippen molar-refractivity contribution in [1.29, 1.82) is 0 Å². The van der Waals surface area contributed by atoms with Crippen molar-refractivity contribution >= 4 is 29.5 Å². The van der Waals surface area contributed by atoms with Crippen LogP contribution in [-0.4, -0.2) is 16.6 Å². The van der Waals surface area contributed by atoms with Gasteiger partial charge in [0, 0.05) is 5.75 Å². The van der Waals surface area contributed by atoms with Crippen LogP contribution in [0, 0.1) is 0 Å². The normalized spacial score (nSPS) is 9.40. The van der Waals surface area contributed by atoms with Gasteiger partial charge in [-0.3, -0.25) is 4.79 Å². The SMILES string of the molecule is C=C(C)C(=O)SCCCS. The highest BCUT2D eigenvalue weighted by atomic mass is 32.2. The zero-order chi connectivity index (χ0) is 7.98. The Balaban J connectivity index is 3.31. The standard InChI is InChI=1S/C7H12OS2/c1-6(2)7(8)10-5-3-4-9/h9H,1,3-5H2,2H3. The third-order valence-corrected chi connectivity index (χ3v) is 2.30. The molecule has 0 aromatic heterocycles. The minimum Gasteiger partial charge on any atom is -0.282 e. The van der Waals surface area contributed by atoms with Gasteiger partial charge in [-0.25, -0.2) is 0 Å². The van der Waals surface area contributed by atoms with Crippen LogP contribution in [0.1, 0.15) is 13.3 Å². The van der Waals surface area contributed by atoms with Crippen molar-refractivity contribution in [2.45, 2.75) is 13.3 Å². The van der Waals surface area contributed by atoms with Crippen LogP contribution in [-0.2, 0) is 4.79 Å². The monoisotopic (exact) mass is 176 g/mol. The van der Waals surface area contributed by atoms with Gasteiger partial charge < -0.3 is 0 Å². The van der Waals surface area contributed by atoms with Crippen LogP contribution in [0.5, 0.6) is 0 Å². The van der Waals surface area contributed by atoms with Gasteiger partial charge in [-0.1, -0.05) is 18.3 Å². The van der Waals surface area contributed by atoms with Crippen LogP contribution in [0.3, 0.4) is 0 Å². The fourth-order valence-corrected chi connectivity index (χ4v) is 1.45. The molecule has 0 aliphatic rings. The fraction of sp³-hybridized carbons (Fsp3) is 0.571. The smallest absolute Gasteiger partial charge is 0.214 e. The summed E-state index contributed by atoms with van der Waals surface area (Å²) in [6.07, 6.45) is 0.979. The maximum absolute atomic E-state index is 10.9. The molecule has 0 rings (SSSR count). The first-order valence-corrected chi connectivity index (χ1v) is 4.73. The molecule has 0 saturated carbocycles. The van der Waals surface area contributed by atoms with E-state index in [1.165, 1.54) is 11.8 Å². The Labute approximate surface area is 71.7 Å². The minimum absolute atomic E-state index is 0.0989. The van der Waals surface area contributed by atoms with Crippen LogP contribution in [0.25, 0.3) is 0 Å². The number of thioether (sulfide) groups is 1. The second kappa shape index (κ2) is 5.86. The number of rotatable bonds is 4. The Morgan fingerprint density at radius 1 is 1.70 bits per heavy atom. The van der Waals surface area contributed by atoms with Crippen LogP contribution in [0.2, 0.25) is 0 Å². The molecule has 0 unspecified atom stereocenters. The summed E-state index contributed by atoms with van der Waals surface area (Å²) in [6.45, 7) is 5.28. The Morgan fingerprint density at radius 3 is 2.70 bits per heavy atom. The molecule has 0 amide bonds. The summed E-state index contributed by atoms with van der Waals surface area (Å²) in [4.78, 5) is 10.9. The van der Waals surface area contributed by atoms with E-state index in [2.05, 4.69) is 19.2 Å². The lowest BCUT2D eigenvalue weighted by atomic mass is 10.4. The highest BCUT2D eigenvalue weighted by molar-refractivity contribution is 8.14. The van der Waals surface area contributed by atoms with E-state index < -0.39 is 0 Å². The first kappa shape index (κ1) is 10.1. The van der Waals surface area contributed by atoms with E-state index in [1.54, 1.807) is 6.92 Å². The van der Waals surface area contributed by atoms with E-state index in [0.29, 0.717) is 5.57 Å². The molecule has 0 aromatic rings. The van der Waals surface area contributed by atoms with Gasteiger partial charge in [0.2, 0.25) is 5.12 Å². The Bertz CT molecular complexity index is 132. The summed E-state index contributed by atoms with van der Waals surface area (Å²) in [5.74, 6) is 1.70. The summed E-state index contributed by atoms with van der Waals surface area (Å²) < 4.78 is 0. The summed E-state index contributed by atoms with van der Waals surface area (Å²) in [7, 11) is 0. The maximum Gasteiger partial charge on any atom is 0.214 e. The third-order valence-electron chi connectivity index (χ3n) is 0.884. The zero-order valence-electron chi connectivity index (χ0n) is 6.09. The molecule has 0 fully saturated rings. The van der Waals surface area contributed by atoms with E-state index in [9.17, 15) is 4.79 Å². The summed E-state index contributed by atoms with van der Waals surface area (Å²) in [6, 6.07) is 0. The van der Waals surface area contributed by atoms with Crippen LogP contribution in [0.15, 0.2) is 12.2 Å². The molecule has 0 aliphatic heterocycles. The summed E-state index contributed by atoms with van der Waals surface area (Å²) in [5.41, 5.74) is 0.629. The van der Waals surface area contributed by atoms with E-state index in [-0.39, 0.29) is 5.12 Å². The van der Waals surface area contributed by atoms with E-state index in [1.807, 2.05) is 0 Å². The van der Waals surface area contributed by atoms with Gasteiger partial charge in [0.25, 0.3) is 0 Å². The molecule has 0 heterocycles. The van der Waals surface area contributed by atoms with Gasteiger partial charge in [0.1, 0.15) is 0 Å². The molecule has 1 nitrogen and oxygen atoms in total. The number of thiol groups is 1. The minimum atomic E-state index is 0.0989. The zero-order valence-corrected chi connectivity index (χ0v) is 7.80. The first-order valence-electron chi connectivity index (χ1n) is 3.12. The second-order valence-corrected chi connectivity index (χ2v) is 3.51. The van der Waals surface area contributed by atoms with Crippen LogP contribution in [0.4, 0.5) is 0 Å². The Morgan fingerprint density at radius 2 is 2.30 bits per heavy atom. The van der Waals surface area contributed by atoms with Gasteiger partial charge in [-0.05, 0) is 24.7 Å². The predicted octanol–water partition coefficient (Wildman–Crippen LogP) is 2.14. The predicted molar refractivity (Wildman–Crippen MR) is 50.7 cm³/mol. The van der Waals surface area contributed by atoms with Gasteiger partial charge in [-0.2, -0.15) is 12.6 Å². The molecule has 0 aromatic carbocycles. The molecule has 10 heavy (non-hydrogen) atoms. The molecular weight excluding hydrogens is 164 g/mol. The van der Waals surface area contributed by atoms with Crippen molar-refractivity contribution in [1.82, 2.24) is 0 Å². The molecule has 0 N–H and O–H groups in total. The molecule has 58 valence electrons. The van der Waals surface area contributed by atoms with Gasteiger partial charge in [0.15, 0.2) is 0 Å². The lowest BCUT2D eigenvalue weighted by Crippen LogP contribution is -1.93. The van der Waals surface area contributed by atoms with E-state index in [0.717, 1.165) is 17.9 Å². The number of carbonyl (C=O) groups is 1. The van der Waals surface area contributed by atoms with Crippen LogP contribution < -0.4 is 0 Å². The summed E-state index contributed by atoms with van der Waals surface area (Å²) >= 11 is 5.35. The quantitative estimate of drug-likeness (QED) is 0.401. The molecule has 0 bridgehead atoms. The molecule has 0 atom stereocenters. The molecule has 3 heteroatoms. The Kier molecular flexibility index (Phi) is 5.93.